The molecular formula is C17H24N2O3. The topological polar surface area (TPSA) is 71.4 Å². The maximum absolute atomic E-state index is 12.6. The number of rotatable bonds is 2. The Balaban J connectivity index is 1.38. The van der Waals surface area contributed by atoms with Gasteiger partial charge in [0.15, 0.2) is 5.79 Å². The normalized spacial score (nSPS) is 38.0. The Hall–Kier alpha value is -1.12. The van der Waals surface area contributed by atoms with E-state index in [9.17, 15) is 10.1 Å². The fraction of sp³-hybridized carbons (Fsp3) is 0.882. The quantitative estimate of drug-likeness (QED) is 0.848. The number of hydrogen-bond acceptors (Lipinski definition) is 4. The van der Waals surface area contributed by atoms with Crippen LogP contribution in [0.15, 0.2) is 0 Å². The number of nitriles is 1. The zero-order valence-electron chi connectivity index (χ0n) is 13.0. The van der Waals surface area contributed by atoms with Gasteiger partial charge < -0.3 is 14.8 Å². The molecule has 4 aliphatic rings. The van der Waals surface area contributed by atoms with Crippen LogP contribution in [-0.2, 0) is 14.3 Å². The first-order valence-corrected chi connectivity index (χ1v) is 8.68. The summed E-state index contributed by atoms with van der Waals surface area (Å²) in [6, 6.07) is 2.38. The van der Waals surface area contributed by atoms with Crippen molar-refractivity contribution in [2.45, 2.75) is 62.7 Å². The highest BCUT2D eigenvalue weighted by Crippen LogP contribution is 2.55. The molecule has 22 heavy (non-hydrogen) atoms. The third-order valence-corrected chi connectivity index (χ3v) is 6.21. The highest BCUT2D eigenvalue weighted by atomic mass is 16.7. The van der Waals surface area contributed by atoms with E-state index in [4.69, 9.17) is 9.47 Å². The minimum absolute atomic E-state index is 0.114. The summed E-state index contributed by atoms with van der Waals surface area (Å²) in [6.07, 6.45) is 7.52. The van der Waals surface area contributed by atoms with Gasteiger partial charge in [-0.1, -0.05) is 12.8 Å². The van der Waals surface area contributed by atoms with Crippen molar-refractivity contribution in [2.75, 3.05) is 13.2 Å². The Morgan fingerprint density at radius 1 is 1.05 bits per heavy atom. The Labute approximate surface area is 131 Å². The number of amides is 1. The lowest BCUT2D eigenvalue weighted by Crippen LogP contribution is -2.53. The van der Waals surface area contributed by atoms with Crippen molar-refractivity contribution in [3.63, 3.8) is 0 Å². The molecule has 1 saturated heterocycles. The van der Waals surface area contributed by atoms with Crippen LogP contribution in [0.25, 0.3) is 0 Å². The van der Waals surface area contributed by atoms with Crippen LogP contribution in [-0.4, -0.2) is 30.4 Å². The molecular weight excluding hydrogens is 280 g/mol. The van der Waals surface area contributed by atoms with Crippen molar-refractivity contribution in [2.24, 2.45) is 17.8 Å². The number of fused-ring (bicyclic) bond motifs is 1. The van der Waals surface area contributed by atoms with Crippen molar-refractivity contribution >= 4 is 5.91 Å². The highest BCUT2D eigenvalue weighted by Gasteiger charge is 2.56. The van der Waals surface area contributed by atoms with Gasteiger partial charge in [0.2, 0.25) is 5.91 Å². The molecule has 0 unspecified atom stereocenters. The number of carbonyl (C=O) groups is 1. The predicted octanol–water partition coefficient (Wildman–Crippen LogP) is 2.12. The fourth-order valence-electron chi connectivity index (χ4n) is 4.81. The molecule has 2 atom stereocenters. The van der Waals surface area contributed by atoms with Gasteiger partial charge in [-0.3, -0.25) is 4.79 Å². The molecule has 3 aliphatic carbocycles. The number of nitrogens with zero attached hydrogens (tertiary/aromatic N) is 1. The zero-order chi connectivity index (χ0) is 15.2. The van der Waals surface area contributed by atoms with E-state index in [1.165, 1.54) is 25.7 Å². The molecule has 0 aromatic rings. The standard InChI is InChI=1S/C17H24N2O3/c18-11-16(5-7-17(8-6-16)21-9-10-22-17)19-15(20)14-12-3-1-2-4-13(12)14/h12-14H,1-10H2,(H,19,20)/t12-,13-/m1/s1. The van der Waals surface area contributed by atoms with Crippen LogP contribution in [0.3, 0.4) is 0 Å². The van der Waals surface area contributed by atoms with Gasteiger partial charge in [-0.25, -0.2) is 0 Å². The summed E-state index contributed by atoms with van der Waals surface area (Å²) >= 11 is 0. The van der Waals surface area contributed by atoms with Gasteiger partial charge in [-0.05, 0) is 37.5 Å². The predicted molar refractivity (Wildman–Crippen MR) is 78.5 cm³/mol. The first-order valence-electron chi connectivity index (χ1n) is 8.68. The van der Waals surface area contributed by atoms with Crippen molar-refractivity contribution in [1.82, 2.24) is 5.32 Å². The van der Waals surface area contributed by atoms with Crippen LogP contribution in [0, 0.1) is 29.1 Å². The minimum Gasteiger partial charge on any atom is -0.348 e. The lowest BCUT2D eigenvalue weighted by atomic mass is 9.79. The number of nitrogens with one attached hydrogen (secondary N) is 1. The summed E-state index contributed by atoms with van der Waals surface area (Å²) in [6.45, 7) is 1.27. The molecule has 5 heteroatoms. The Bertz CT molecular complexity index is 485. The Morgan fingerprint density at radius 2 is 1.64 bits per heavy atom. The molecule has 1 aliphatic heterocycles. The van der Waals surface area contributed by atoms with E-state index in [1.807, 2.05) is 0 Å². The van der Waals surface area contributed by atoms with E-state index >= 15 is 0 Å². The van der Waals surface area contributed by atoms with Crippen molar-refractivity contribution in [1.29, 1.82) is 5.26 Å². The van der Waals surface area contributed by atoms with Crippen LogP contribution < -0.4 is 5.32 Å². The van der Waals surface area contributed by atoms with Crippen LogP contribution >= 0.6 is 0 Å². The van der Waals surface area contributed by atoms with Crippen LogP contribution in [0.1, 0.15) is 51.4 Å². The van der Waals surface area contributed by atoms with Crippen LogP contribution in [0.5, 0.6) is 0 Å². The lowest BCUT2D eigenvalue weighted by molar-refractivity contribution is -0.183. The number of carbonyl (C=O) groups excluding carboxylic acids is 1. The van der Waals surface area contributed by atoms with Gasteiger partial charge in [0.1, 0.15) is 5.54 Å². The molecule has 4 rings (SSSR count). The molecule has 1 amide bonds. The van der Waals surface area contributed by atoms with Gasteiger partial charge >= 0.3 is 0 Å². The van der Waals surface area contributed by atoms with E-state index in [0.29, 0.717) is 50.7 Å². The van der Waals surface area contributed by atoms with E-state index in [2.05, 4.69) is 11.4 Å². The fourth-order valence-corrected chi connectivity index (χ4v) is 4.81. The molecule has 0 aromatic carbocycles. The summed E-state index contributed by atoms with van der Waals surface area (Å²) in [5.74, 6) is 0.964. The SMILES string of the molecule is N#CC1(NC(=O)C2[C@@H]3CCCC[C@@H]23)CCC2(CC1)OCCO2. The molecule has 0 aromatic heterocycles. The Kier molecular flexibility index (Phi) is 3.43. The van der Waals surface area contributed by atoms with Gasteiger partial charge in [-0.15, -0.1) is 0 Å². The molecule has 3 saturated carbocycles. The molecule has 120 valence electrons. The summed E-state index contributed by atoms with van der Waals surface area (Å²) in [5, 5.41) is 12.7. The van der Waals surface area contributed by atoms with Crippen LogP contribution in [0.2, 0.25) is 0 Å². The van der Waals surface area contributed by atoms with E-state index in [1.54, 1.807) is 0 Å². The summed E-state index contributed by atoms with van der Waals surface area (Å²) in [7, 11) is 0. The second-order valence-corrected chi connectivity index (χ2v) is 7.43. The maximum atomic E-state index is 12.6. The van der Waals surface area contributed by atoms with Gasteiger partial charge in [0, 0.05) is 18.8 Å². The monoisotopic (exact) mass is 304 g/mol. The number of hydrogen-bond donors (Lipinski definition) is 1. The zero-order valence-corrected chi connectivity index (χ0v) is 13.0. The van der Waals surface area contributed by atoms with Crippen molar-refractivity contribution in [3.8, 4) is 6.07 Å². The summed E-state index contributed by atoms with van der Waals surface area (Å²) in [5.41, 5.74) is -0.719. The maximum Gasteiger partial charge on any atom is 0.224 e. The third-order valence-electron chi connectivity index (χ3n) is 6.21. The molecule has 0 radical (unpaired) electrons. The van der Waals surface area contributed by atoms with Crippen molar-refractivity contribution in [3.05, 3.63) is 0 Å². The summed E-state index contributed by atoms with van der Waals surface area (Å²) in [4.78, 5) is 12.6. The molecule has 1 heterocycles. The van der Waals surface area contributed by atoms with E-state index in [-0.39, 0.29) is 11.8 Å². The molecule has 5 nitrogen and oxygen atoms in total. The van der Waals surface area contributed by atoms with Crippen molar-refractivity contribution < 1.29 is 14.3 Å². The molecule has 1 N–H and O–H groups in total. The molecule has 0 bridgehead atoms. The van der Waals surface area contributed by atoms with Gasteiger partial charge in [-0.2, -0.15) is 5.26 Å². The van der Waals surface area contributed by atoms with Gasteiger partial charge in [0.05, 0.1) is 19.3 Å². The second kappa shape index (κ2) is 5.21. The average Bonchev–Trinajstić information content (AvgIpc) is 3.12. The largest absolute Gasteiger partial charge is 0.348 e. The van der Waals surface area contributed by atoms with E-state index < -0.39 is 11.3 Å². The van der Waals surface area contributed by atoms with E-state index in [0.717, 1.165) is 0 Å². The smallest absolute Gasteiger partial charge is 0.224 e. The molecule has 1 spiro atoms. The Morgan fingerprint density at radius 3 is 2.18 bits per heavy atom. The lowest BCUT2D eigenvalue weighted by Gasteiger charge is -2.40. The first-order chi connectivity index (χ1) is 10.7. The second-order valence-electron chi connectivity index (χ2n) is 7.43. The molecule has 4 fully saturated rings. The average molecular weight is 304 g/mol. The van der Waals surface area contributed by atoms with Gasteiger partial charge in [0.25, 0.3) is 0 Å². The number of ether oxygens (including phenoxy) is 2. The summed E-state index contributed by atoms with van der Waals surface area (Å²) < 4.78 is 11.4. The highest BCUT2D eigenvalue weighted by molar-refractivity contribution is 5.83. The van der Waals surface area contributed by atoms with Crippen LogP contribution in [0.4, 0.5) is 0 Å². The third kappa shape index (κ3) is 2.33. The first kappa shape index (κ1) is 14.5. The minimum atomic E-state index is -0.719.